The van der Waals surface area contributed by atoms with Crippen LogP contribution >= 0.6 is 0 Å². The van der Waals surface area contributed by atoms with E-state index in [1.165, 1.54) is 11.1 Å². The lowest BCUT2D eigenvalue weighted by atomic mass is 10.1. The van der Waals surface area contributed by atoms with Gasteiger partial charge in [0.05, 0.1) is 36.0 Å². The van der Waals surface area contributed by atoms with Crippen LogP contribution in [0.3, 0.4) is 0 Å². The van der Waals surface area contributed by atoms with Gasteiger partial charge in [-0.1, -0.05) is 6.07 Å². The monoisotopic (exact) mass is 371 g/mol. The molecular weight excluding hydrogens is 350 g/mol. The van der Waals surface area contributed by atoms with Gasteiger partial charge in [-0.05, 0) is 49.6 Å². The van der Waals surface area contributed by atoms with Gasteiger partial charge in [-0.15, -0.1) is 0 Å². The van der Waals surface area contributed by atoms with Crippen LogP contribution in [0.2, 0.25) is 0 Å². The van der Waals surface area contributed by atoms with Crippen LogP contribution in [0.5, 0.6) is 0 Å². The van der Waals surface area contributed by atoms with E-state index in [9.17, 15) is 0 Å². The second-order valence-corrected chi connectivity index (χ2v) is 6.99. The molecule has 1 aliphatic rings. The Morgan fingerprint density at radius 1 is 1.14 bits per heavy atom. The van der Waals surface area contributed by atoms with Crippen molar-refractivity contribution in [1.29, 1.82) is 5.26 Å². The Hall–Kier alpha value is -3.37. The van der Waals surface area contributed by atoms with E-state index in [0.717, 1.165) is 37.3 Å². The molecule has 28 heavy (non-hydrogen) atoms. The van der Waals surface area contributed by atoms with Crippen molar-refractivity contribution in [1.82, 2.24) is 24.8 Å². The van der Waals surface area contributed by atoms with Crippen LogP contribution in [0.15, 0.2) is 49.2 Å². The normalized spacial score (nSPS) is 16.6. The number of anilines is 2. The van der Waals surface area contributed by atoms with Gasteiger partial charge >= 0.3 is 0 Å². The Morgan fingerprint density at radius 3 is 2.79 bits per heavy atom. The molecular formula is C21H21N7. The molecule has 1 atom stereocenters. The minimum Gasteiger partial charge on any atom is -0.338 e. The van der Waals surface area contributed by atoms with Crippen molar-refractivity contribution in [2.45, 2.75) is 32.4 Å². The van der Waals surface area contributed by atoms with Crippen molar-refractivity contribution < 1.29 is 0 Å². The number of hydrogen-bond donors (Lipinski definition) is 1. The summed E-state index contributed by atoms with van der Waals surface area (Å²) in [6.45, 7) is 3.99. The van der Waals surface area contributed by atoms with Crippen LogP contribution in [0, 0.1) is 18.3 Å². The van der Waals surface area contributed by atoms with Gasteiger partial charge in [-0.25, -0.2) is 9.97 Å². The zero-order valence-electron chi connectivity index (χ0n) is 15.7. The van der Waals surface area contributed by atoms with E-state index in [2.05, 4.69) is 43.1 Å². The number of hydrogen-bond acceptors (Lipinski definition) is 7. The molecule has 7 heteroatoms. The van der Waals surface area contributed by atoms with Crippen LogP contribution in [0.4, 0.5) is 11.5 Å². The third kappa shape index (κ3) is 4.13. The van der Waals surface area contributed by atoms with Crippen molar-refractivity contribution in [2.75, 3.05) is 11.9 Å². The highest BCUT2D eigenvalue weighted by atomic mass is 15.2. The van der Waals surface area contributed by atoms with Gasteiger partial charge in [-0.2, -0.15) is 5.26 Å². The van der Waals surface area contributed by atoms with Gasteiger partial charge < -0.3 is 5.32 Å². The maximum absolute atomic E-state index is 8.82. The highest BCUT2D eigenvalue weighted by Gasteiger charge is 2.27. The number of nitrogens with zero attached hydrogens (tertiary/aromatic N) is 6. The summed E-state index contributed by atoms with van der Waals surface area (Å²) in [4.78, 5) is 19.9. The first-order chi connectivity index (χ1) is 13.7. The Morgan fingerprint density at radius 2 is 2.07 bits per heavy atom. The quantitative estimate of drug-likeness (QED) is 0.733. The van der Waals surface area contributed by atoms with Gasteiger partial charge in [-0.3, -0.25) is 14.9 Å². The van der Waals surface area contributed by atoms with Gasteiger partial charge in [0.25, 0.3) is 0 Å². The molecule has 0 aliphatic carbocycles. The van der Waals surface area contributed by atoms with E-state index in [4.69, 9.17) is 5.26 Å². The molecule has 3 aromatic rings. The molecule has 0 amide bonds. The summed E-state index contributed by atoms with van der Waals surface area (Å²) in [7, 11) is 0. The van der Waals surface area contributed by atoms with E-state index >= 15 is 0 Å². The van der Waals surface area contributed by atoms with E-state index in [-0.39, 0.29) is 6.04 Å². The number of rotatable bonds is 5. The minimum absolute atomic E-state index is 0.277. The van der Waals surface area contributed by atoms with Gasteiger partial charge in [0.1, 0.15) is 17.6 Å². The summed E-state index contributed by atoms with van der Waals surface area (Å²) in [5, 5.41) is 12.0. The minimum atomic E-state index is 0.277. The molecule has 4 heterocycles. The summed E-state index contributed by atoms with van der Waals surface area (Å²) >= 11 is 0. The average Bonchev–Trinajstić information content (AvgIpc) is 3.17. The van der Waals surface area contributed by atoms with Crippen LogP contribution in [0.25, 0.3) is 0 Å². The highest BCUT2D eigenvalue weighted by Crippen LogP contribution is 2.32. The summed E-state index contributed by atoms with van der Waals surface area (Å²) in [6.07, 6.45) is 11.3. The molecule has 140 valence electrons. The lowest BCUT2D eigenvalue weighted by Gasteiger charge is -2.24. The SMILES string of the molecule is Cc1cncc(CN2CCC[C@@H]2c2cnc(Nc3ccc(C#N)nc3)cn2)c1. The van der Waals surface area contributed by atoms with Gasteiger partial charge in [0.15, 0.2) is 0 Å². The van der Waals surface area contributed by atoms with E-state index < -0.39 is 0 Å². The number of aryl methyl sites for hydroxylation is 1. The second kappa shape index (κ2) is 8.11. The number of aromatic nitrogens is 4. The molecule has 0 bridgehead atoms. The number of likely N-dealkylation sites (tertiary alicyclic amines) is 1. The predicted molar refractivity (Wildman–Crippen MR) is 106 cm³/mol. The third-order valence-electron chi connectivity index (χ3n) is 4.84. The van der Waals surface area contributed by atoms with Crippen LogP contribution in [-0.2, 0) is 6.54 Å². The van der Waals surface area contributed by atoms with Crippen LogP contribution in [0.1, 0.15) is 41.4 Å². The van der Waals surface area contributed by atoms with Crippen LogP contribution in [-0.4, -0.2) is 31.4 Å². The molecule has 0 unspecified atom stereocenters. The zero-order valence-corrected chi connectivity index (χ0v) is 15.7. The molecule has 0 radical (unpaired) electrons. The lowest BCUT2D eigenvalue weighted by Crippen LogP contribution is -2.23. The first kappa shape index (κ1) is 18.0. The molecule has 0 aromatic carbocycles. The largest absolute Gasteiger partial charge is 0.338 e. The van der Waals surface area contributed by atoms with Gasteiger partial charge in [0, 0.05) is 18.9 Å². The fourth-order valence-corrected chi connectivity index (χ4v) is 3.55. The average molecular weight is 371 g/mol. The molecule has 7 nitrogen and oxygen atoms in total. The number of nitrogens with one attached hydrogen (secondary N) is 1. The number of nitriles is 1. The maximum atomic E-state index is 8.82. The Kier molecular flexibility index (Phi) is 5.22. The first-order valence-corrected chi connectivity index (χ1v) is 9.31. The van der Waals surface area contributed by atoms with Crippen molar-refractivity contribution >= 4 is 11.5 Å². The molecule has 1 saturated heterocycles. The molecule has 1 fully saturated rings. The molecule has 3 aromatic heterocycles. The third-order valence-corrected chi connectivity index (χ3v) is 4.84. The molecule has 1 aliphatic heterocycles. The molecule has 0 spiro atoms. The summed E-state index contributed by atoms with van der Waals surface area (Å²) in [5.41, 5.74) is 4.56. The molecule has 4 rings (SSSR count). The second-order valence-electron chi connectivity index (χ2n) is 6.99. The molecule has 1 N–H and O–H groups in total. The standard InChI is InChI=1S/C21H21N7/c1-15-7-16(10-23-9-15)14-28-6-2-3-20(28)19-12-26-21(13-25-19)27-18-5-4-17(8-22)24-11-18/h4-5,7,9-13,20H,2-3,6,14H2,1H3,(H,26,27)/t20-/m1/s1. The Labute approximate surface area is 164 Å². The van der Waals surface area contributed by atoms with Crippen LogP contribution < -0.4 is 5.32 Å². The van der Waals surface area contributed by atoms with Crippen molar-refractivity contribution in [3.63, 3.8) is 0 Å². The highest BCUT2D eigenvalue weighted by molar-refractivity contribution is 5.54. The Bertz CT molecular complexity index is 977. The lowest BCUT2D eigenvalue weighted by molar-refractivity contribution is 0.243. The topological polar surface area (TPSA) is 90.6 Å². The van der Waals surface area contributed by atoms with E-state index in [1.54, 1.807) is 24.5 Å². The first-order valence-electron chi connectivity index (χ1n) is 9.31. The number of pyridine rings is 2. The van der Waals surface area contributed by atoms with Crippen molar-refractivity contribution in [3.8, 4) is 6.07 Å². The zero-order chi connectivity index (χ0) is 19.3. The summed E-state index contributed by atoms with van der Waals surface area (Å²) in [6, 6.07) is 7.94. The fraction of sp³-hybridized carbons (Fsp3) is 0.286. The Balaban J connectivity index is 1.44. The van der Waals surface area contributed by atoms with E-state index in [1.807, 2.05) is 24.7 Å². The molecule has 0 saturated carbocycles. The summed E-state index contributed by atoms with van der Waals surface area (Å²) < 4.78 is 0. The van der Waals surface area contributed by atoms with Gasteiger partial charge in [0.2, 0.25) is 0 Å². The van der Waals surface area contributed by atoms with E-state index in [0.29, 0.717) is 11.5 Å². The summed E-state index contributed by atoms with van der Waals surface area (Å²) in [5.74, 6) is 0.655. The van der Waals surface area contributed by atoms with Crippen molar-refractivity contribution in [2.24, 2.45) is 0 Å². The smallest absolute Gasteiger partial charge is 0.148 e. The van der Waals surface area contributed by atoms with Crippen molar-refractivity contribution in [3.05, 3.63) is 71.7 Å². The fourth-order valence-electron chi connectivity index (χ4n) is 3.55. The maximum Gasteiger partial charge on any atom is 0.148 e. The predicted octanol–water partition coefficient (Wildman–Crippen LogP) is 3.53.